The minimum atomic E-state index is -0.516. The molecular weight excluding hydrogens is 184 g/mol. The minimum absolute atomic E-state index is 0.516. The summed E-state index contributed by atoms with van der Waals surface area (Å²) in [6, 6.07) is 5.98. The first-order valence-electron chi connectivity index (χ1n) is 4.40. The van der Waals surface area contributed by atoms with E-state index in [4.69, 9.17) is 4.74 Å². The Balaban J connectivity index is 2.05. The summed E-state index contributed by atoms with van der Waals surface area (Å²) in [4.78, 5) is 1.16. The second kappa shape index (κ2) is 2.42. The normalized spacial score (nSPS) is 22.2. The summed E-state index contributed by atoms with van der Waals surface area (Å²) in [5.41, 5.74) is 0.530. The van der Waals surface area contributed by atoms with E-state index in [0.717, 1.165) is 29.1 Å². The van der Waals surface area contributed by atoms with E-state index in [1.807, 2.05) is 12.1 Å². The highest BCUT2D eigenvalue weighted by Crippen LogP contribution is 2.48. The zero-order valence-corrected chi connectivity index (χ0v) is 7.93. The maximum Gasteiger partial charge on any atom is 0.138 e. The van der Waals surface area contributed by atoms with E-state index >= 15 is 0 Å². The zero-order valence-electron chi connectivity index (χ0n) is 7.12. The fraction of sp³-hybridized carbons (Fsp3) is 0.400. The van der Waals surface area contributed by atoms with Gasteiger partial charge in [0, 0.05) is 0 Å². The first kappa shape index (κ1) is 7.71. The van der Waals surface area contributed by atoms with Crippen LogP contribution in [0.15, 0.2) is 23.1 Å². The first-order valence-corrected chi connectivity index (χ1v) is 5.39. The molecule has 1 N–H and O–H groups in total. The van der Waals surface area contributed by atoms with Gasteiger partial charge in [-0.3, -0.25) is 0 Å². The number of hydrogen-bond acceptors (Lipinski definition) is 3. The quantitative estimate of drug-likeness (QED) is 0.742. The summed E-state index contributed by atoms with van der Waals surface area (Å²) in [5, 5.41) is 9.88. The van der Waals surface area contributed by atoms with Crippen LogP contribution in [0, 0.1) is 0 Å². The second-order valence-electron chi connectivity index (χ2n) is 3.60. The molecule has 1 saturated carbocycles. The highest BCUT2D eigenvalue weighted by molar-refractivity contribution is 7.99. The third kappa shape index (κ3) is 1.15. The second-order valence-corrected chi connectivity index (χ2v) is 4.56. The van der Waals surface area contributed by atoms with Gasteiger partial charge in [-0.25, -0.2) is 0 Å². The molecule has 1 aliphatic carbocycles. The third-order valence-electron chi connectivity index (χ3n) is 2.63. The van der Waals surface area contributed by atoms with Crippen molar-refractivity contribution in [2.24, 2.45) is 0 Å². The molecule has 0 unspecified atom stereocenters. The predicted octanol–water partition coefficient (Wildman–Crippen LogP) is 2.11. The molecule has 1 fully saturated rings. The van der Waals surface area contributed by atoms with E-state index < -0.39 is 5.60 Å². The van der Waals surface area contributed by atoms with Gasteiger partial charge in [-0.1, -0.05) is 17.8 Å². The fourth-order valence-corrected chi connectivity index (χ4v) is 2.39. The maximum absolute atomic E-state index is 9.88. The maximum atomic E-state index is 9.88. The molecular formula is C10H10O2S. The smallest absolute Gasteiger partial charge is 0.138 e. The van der Waals surface area contributed by atoms with Crippen molar-refractivity contribution in [3.05, 3.63) is 23.8 Å². The molecule has 1 aliphatic heterocycles. The summed E-state index contributed by atoms with van der Waals surface area (Å²) in [7, 11) is 0. The van der Waals surface area contributed by atoms with Crippen LogP contribution in [-0.2, 0) is 5.60 Å². The lowest BCUT2D eigenvalue weighted by molar-refractivity contribution is 0.151. The molecule has 3 rings (SSSR count). The Morgan fingerprint density at radius 2 is 2.23 bits per heavy atom. The number of thioether (sulfide) groups is 1. The third-order valence-corrected chi connectivity index (χ3v) is 3.50. The van der Waals surface area contributed by atoms with Crippen LogP contribution in [0.3, 0.4) is 0 Å². The van der Waals surface area contributed by atoms with Gasteiger partial charge in [-0.15, -0.1) is 0 Å². The molecule has 0 saturated heterocycles. The van der Waals surface area contributed by atoms with Crippen molar-refractivity contribution in [3.8, 4) is 5.75 Å². The monoisotopic (exact) mass is 194 g/mol. The van der Waals surface area contributed by atoms with E-state index in [1.165, 1.54) is 0 Å². The van der Waals surface area contributed by atoms with Crippen molar-refractivity contribution in [1.29, 1.82) is 0 Å². The summed E-state index contributed by atoms with van der Waals surface area (Å²) >= 11 is 1.69. The Morgan fingerprint density at radius 3 is 3.00 bits per heavy atom. The number of benzene rings is 1. The molecule has 1 aromatic carbocycles. The van der Waals surface area contributed by atoms with Crippen molar-refractivity contribution in [2.75, 3.05) is 5.94 Å². The summed E-state index contributed by atoms with van der Waals surface area (Å²) in [6.07, 6.45) is 1.80. The average molecular weight is 194 g/mol. The highest BCUT2D eigenvalue weighted by Gasteiger charge is 2.42. The molecule has 68 valence electrons. The zero-order chi connectivity index (χ0) is 8.89. The van der Waals surface area contributed by atoms with Crippen LogP contribution in [0.4, 0.5) is 0 Å². The lowest BCUT2D eigenvalue weighted by atomic mass is 10.1. The van der Waals surface area contributed by atoms with Crippen LogP contribution in [0.25, 0.3) is 0 Å². The summed E-state index contributed by atoms with van der Waals surface area (Å²) < 4.78 is 5.37. The molecule has 13 heavy (non-hydrogen) atoms. The number of rotatable bonds is 1. The van der Waals surface area contributed by atoms with Gasteiger partial charge in [0.2, 0.25) is 0 Å². The molecule has 0 spiro atoms. The molecule has 0 bridgehead atoms. The Hall–Kier alpha value is -0.670. The average Bonchev–Trinajstić information content (AvgIpc) is 2.74. The van der Waals surface area contributed by atoms with E-state index in [1.54, 1.807) is 11.8 Å². The largest absolute Gasteiger partial charge is 0.481 e. The number of aliphatic hydroxyl groups is 1. The minimum Gasteiger partial charge on any atom is -0.481 e. The Labute approximate surface area is 80.9 Å². The molecule has 0 atom stereocenters. The molecule has 2 aliphatic rings. The van der Waals surface area contributed by atoms with Crippen LogP contribution in [-0.4, -0.2) is 11.0 Å². The van der Waals surface area contributed by atoms with Gasteiger partial charge in [0.05, 0.1) is 10.5 Å². The SMILES string of the molecule is OC1(c2ccc3c(c2)SCO3)CC1. The molecule has 0 radical (unpaired) electrons. The van der Waals surface area contributed by atoms with Gasteiger partial charge < -0.3 is 9.84 Å². The number of hydrogen-bond donors (Lipinski definition) is 1. The van der Waals surface area contributed by atoms with Crippen molar-refractivity contribution >= 4 is 11.8 Å². The van der Waals surface area contributed by atoms with E-state index in [9.17, 15) is 5.11 Å². The van der Waals surface area contributed by atoms with Crippen LogP contribution < -0.4 is 4.74 Å². The summed E-state index contributed by atoms with van der Waals surface area (Å²) in [6.45, 7) is 0. The summed E-state index contributed by atoms with van der Waals surface area (Å²) in [5.74, 6) is 1.66. The first-order chi connectivity index (χ1) is 6.28. The Bertz CT molecular complexity index is 358. The van der Waals surface area contributed by atoms with Gasteiger partial charge in [0.25, 0.3) is 0 Å². The molecule has 2 nitrogen and oxygen atoms in total. The topological polar surface area (TPSA) is 29.5 Å². The number of fused-ring (bicyclic) bond motifs is 1. The molecule has 3 heteroatoms. The fourth-order valence-electron chi connectivity index (χ4n) is 1.59. The standard InChI is InChI=1S/C10H10O2S/c11-10(3-4-10)7-1-2-8-9(5-7)13-6-12-8/h1-2,5,11H,3-4,6H2. The van der Waals surface area contributed by atoms with Crippen molar-refractivity contribution in [2.45, 2.75) is 23.3 Å². The molecule has 1 heterocycles. The van der Waals surface area contributed by atoms with Gasteiger partial charge >= 0.3 is 0 Å². The number of ether oxygens (including phenoxy) is 1. The Kier molecular flexibility index (Phi) is 1.44. The highest BCUT2D eigenvalue weighted by atomic mass is 32.2. The van der Waals surface area contributed by atoms with Crippen LogP contribution in [0.2, 0.25) is 0 Å². The van der Waals surface area contributed by atoms with Gasteiger partial charge in [-0.05, 0) is 30.5 Å². The van der Waals surface area contributed by atoms with E-state index in [0.29, 0.717) is 5.94 Å². The van der Waals surface area contributed by atoms with Gasteiger partial charge in [0.1, 0.15) is 11.7 Å². The Morgan fingerprint density at radius 1 is 1.38 bits per heavy atom. The predicted molar refractivity (Wildman–Crippen MR) is 50.9 cm³/mol. The van der Waals surface area contributed by atoms with E-state index in [2.05, 4.69) is 6.07 Å². The van der Waals surface area contributed by atoms with Crippen molar-refractivity contribution < 1.29 is 9.84 Å². The van der Waals surface area contributed by atoms with Crippen LogP contribution in [0.5, 0.6) is 5.75 Å². The van der Waals surface area contributed by atoms with Crippen LogP contribution >= 0.6 is 11.8 Å². The van der Waals surface area contributed by atoms with Crippen molar-refractivity contribution in [3.63, 3.8) is 0 Å². The van der Waals surface area contributed by atoms with Crippen molar-refractivity contribution in [1.82, 2.24) is 0 Å². The molecule has 0 amide bonds. The van der Waals surface area contributed by atoms with Crippen LogP contribution in [0.1, 0.15) is 18.4 Å². The lowest BCUT2D eigenvalue weighted by Gasteiger charge is -2.08. The lowest BCUT2D eigenvalue weighted by Crippen LogP contribution is -2.03. The molecule has 0 aromatic heterocycles. The van der Waals surface area contributed by atoms with Gasteiger partial charge in [0.15, 0.2) is 0 Å². The van der Waals surface area contributed by atoms with Gasteiger partial charge in [-0.2, -0.15) is 0 Å². The van der Waals surface area contributed by atoms with E-state index in [-0.39, 0.29) is 0 Å². The molecule has 1 aromatic rings.